The number of benzene rings is 1. The van der Waals surface area contributed by atoms with Gasteiger partial charge in [0.1, 0.15) is 6.10 Å². The molecule has 0 amide bonds. The Morgan fingerprint density at radius 2 is 1.71 bits per heavy atom. The van der Waals surface area contributed by atoms with Crippen molar-refractivity contribution in [2.45, 2.75) is 28.8 Å². The molecular weight excluding hydrogens is 244 g/mol. The maximum atomic E-state index is 12.1. The molecule has 0 bridgehead atoms. The summed E-state index contributed by atoms with van der Waals surface area (Å²) in [6.07, 6.45) is -3.17. The lowest BCUT2D eigenvalue weighted by atomic mass is 10.3. The number of rotatable bonds is 2. The minimum Gasteiger partial charge on any atom is -0.390 e. The number of carbonyl (C=O) groups excluding carboxylic acids is 1. The van der Waals surface area contributed by atoms with E-state index in [-0.39, 0.29) is 11.3 Å². The van der Waals surface area contributed by atoms with E-state index in [1.54, 1.807) is 6.07 Å². The molecule has 0 unspecified atom stereocenters. The van der Waals surface area contributed by atoms with Crippen molar-refractivity contribution in [1.29, 1.82) is 0 Å². The molecule has 0 saturated heterocycles. The Kier molecular flexibility index (Phi) is 3.03. The maximum Gasteiger partial charge on any atom is 0.191 e. The second-order valence-electron chi connectivity index (χ2n) is 4.01. The number of Topliss-reactive ketones (excluding diaryl/α,β-unsaturated/α-hetero) is 1. The van der Waals surface area contributed by atoms with Crippen LogP contribution < -0.4 is 0 Å². The van der Waals surface area contributed by atoms with E-state index >= 15 is 0 Å². The van der Waals surface area contributed by atoms with Crippen LogP contribution in [0.25, 0.3) is 0 Å². The van der Waals surface area contributed by atoms with Gasteiger partial charge in [-0.2, -0.15) is 0 Å². The van der Waals surface area contributed by atoms with Gasteiger partial charge in [-0.25, -0.2) is 8.42 Å². The van der Waals surface area contributed by atoms with Crippen molar-refractivity contribution >= 4 is 15.6 Å². The van der Waals surface area contributed by atoms with E-state index in [0.29, 0.717) is 0 Å². The molecule has 17 heavy (non-hydrogen) atoms. The fourth-order valence-corrected chi connectivity index (χ4v) is 3.77. The Balaban J connectivity index is 2.44. The number of carbonyl (C=O) groups is 1. The quantitative estimate of drug-likeness (QED) is 0.746. The SMILES string of the molecule is O=C1C[C@@H](O)[C@@H](O)[C@@H]1S(=O)(=O)c1ccccc1. The minimum atomic E-state index is -3.93. The van der Waals surface area contributed by atoms with Crippen LogP contribution in [0, 0.1) is 0 Å². The molecule has 0 aromatic heterocycles. The largest absolute Gasteiger partial charge is 0.390 e. The van der Waals surface area contributed by atoms with E-state index in [0.717, 1.165) is 0 Å². The van der Waals surface area contributed by atoms with E-state index < -0.39 is 33.1 Å². The Hall–Kier alpha value is -1.24. The molecule has 0 radical (unpaired) electrons. The zero-order valence-corrected chi connectivity index (χ0v) is 9.67. The molecule has 1 aromatic rings. The first-order valence-corrected chi connectivity index (χ1v) is 6.67. The average molecular weight is 256 g/mol. The summed E-state index contributed by atoms with van der Waals surface area (Å²) < 4.78 is 24.2. The van der Waals surface area contributed by atoms with Crippen LogP contribution in [0.4, 0.5) is 0 Å². The number of hydrogen-bond acceptors (Lipinski definition) is 5. The molecule has 1 aromatic carbocycles. The summed E-state index contributed by atoms with van der Waals surface area (Å²) in [7, 11) is -3.93. The molecule has 0 spiro atoms. The maximum absolute atomic E-state index is 12.1. The molecule has 2 rings (SSSR count). The van der Waals surface area contributed by atoms with Crippen LogP contribution in [0.15, 0.2) is 35.2 Å². The summed E-state index contributed by atoms with van der Waals surface area (Å²) >= 11 is 0. The van der Waals surface area contributed by atoms with Crippen molar-refractivity contribution in [2.75, 3.05) is 0 Å². The predicted octanol–water partition coefficient (Wildman–Crippen LogP) is -0.477. The lowest BCUT2D eigenvalue weighted by Crippen LogP contribution is -2.37. The van der Waals surface area contributed by atoms with Crippen molar-refractivity contribution in [3.63, 3.8) is 0 Å². The van der Waals surface area contributed by atoms with E-state index in [1.165, 1.54) is 24.3 Å². The lowest BCUT2D eigenvalue weighted by molar-refractivity contribution is -0.117. The summed E-state index contributed by atoms with van der Waals surface area (Å²) in [5, 5.41) is 17.3. The summed E-state index contributed by atoms with van der Waals surface area (Å²) in [4.78, 5) is 11.5. The van der Waals surface area contributed by atoms with Gasteiger partial charge in [-0.1, -0.05) is 18.2 Å². The van der Waals surface area contributed by atoms with Gasteiger partial charge in [0, 0.05) is 6.42 Å². The van der Waals surface area contributed by atoms with Crippen molar-refractivity contribution in [3.8, 4) is 0 Å². The lowest BCUT2D eigenvalue weighted by Gasteiger charge is -2.15. The Labute approximate surface area is 98.6 Å². The van der Waals surface area contributed by atoms with Crippen LogP contribution >= 0.6 is 0 Å². The third kappa shape index (κ3) is 1.99. The Bertz CT molecular complexity index is 522. The van der Waals surface area contributed by atoms with Gasteiger partial charge in [0.2, 0.25) is 0 Å². The van der Waals surface area contributed by atoms with Gasteiger partial charge >= 0.3 is 0 Å². The second-order valence-corrected chi connectivity index (χ2v) is 6.08. The van der Waals surface area contributed by atoms with Crippen LogP contribution in [0.3, 0.4) is 0 Å². The molecule has 5 nitrogen and oxygen atoms in total. The van der Waals surface area contributed by atoms with Crippen molar-refractivity contribution in [2.24, 2.45) is 0 Å². The molecule has 1 aliphatic rings. The molecule has 2 N–H and O–H groups in total. The first-order chi connectivity index (χ1) is 7.94. The highest BCUT2D eigenvalue weighted by Crippen LogP contribution is 2.27. The van der Waals surface area contributed by atoms with Gasteiger partial charge in [-0.3, -0.25) is 4.79 Å². The first-order valence-electron chi connectivity index (χ1n) is 5.12. The van der Waals surface area contributed by atoms with Crippen molar-refractivity contribution in [3.05, 3.63) is 30.3 Å². The third-order valence-electron chi connectivity index (χ3n) is 2.84. The van der Waals surface area contributed by atoms with E-state index in [9.17, 15) is 23.4 Å². The van der Waals surface area contributed by atoms with Gasteiger partial charge in [0.15, 0.2) is 20.9 Å². The van der Waals surface area contributed by atoms with Crippen LogP contribution in [0.2, 0.25) is 0 Å². The van der Waals surface area contributed by atoms with Crippen LogP contribution in [0.1, 0.15) is 6.42 Å². The number of ketones is 1. The minimum absolute atomic E-state index is 0.0218. The number of hydrogen-bond donors (Lipinski definition) is 2. The molecule has 1 saturated carbocycles. The molecule has 0 aliphatic heterocycles. The summed E-state index contributed by atoms with van der Waals surface area (Å²) in [6, 6.07) is 7.45. The number of aliphatic hydroxyl groups excluding tert-OH is 2. The highest BCUT2D eigenvalue weighted by atomic mass is 32.2. The summed E-state index contributed by atoms with van der Waals surface area (Å²) in [6.45, 7) is 0. The number of sulfone groups is 1. The van der Waals surface area contributed by atoms with Crippen molar-refractivity contribution < 1.29 is 23.4 Å². The molecule has 3 atom stereocenters. The highest BCUT2D eigenvalue weighted by Gasteiger charge is 2.48. The van der Waals surface area contributed by atoms with Gasteiger partial charge in [0.25, 0.3) is 0 Å². The highest BCUT2D eigenvalue weighted by molar-refractivity contribution is 7.93. The zero-order valence-electron chi connectivity index (χ0n) is 8.85. The first kappa shape index (κ1) is 12.2. The normalized spacial score (nSPS) is 29.5. The predicted molar refractivity (Wildman–Crippen MR) is 59.1 cm³/mol. The zero-order chi connectivity index (χ0) is 12.6. The van der Waals surface area contributed by atoms with Crippen molar-refractivity contribution in [1.82, 2.24) is 0 Å². The monoisotopic (exact) mass is 256 g/mol. The van der Waals surface area contributed by atoms with E-state index in [1.807, 2.05) is 0 Å². The number of aliphatic hydroxyl groups is 2. The van der Waals surface area contributed by atoms with Gasteiger partial charge in [-0.05, 0) is 12.1 Å². The Morgan fingerprint density at radius 1 is 1.12 bits per heavy atom. The fourth-order valence-electron chi connectivity index (χ4n) is 1.95. The van der Waals surface area contributed by atoms with E-state index in [2.05, 4.69) is 0 Å². The average Bonchev–Trinajstić information content (AvgIpc) is 2.54. The smallest absolute Gasteiger partial charge is 0.191 e. The molecule has 1 fully saturated rings. The Morgan fingerprint density at radius 3 is 2.18 bits per heavy atom. The van der Waals surface area contributed by atoms with Crippen LogP contribution in [-0.4, -0.2) is 41.9 Å². The molecule has 0 heterocycles. The summed E-state index contributed by atoms with van der Waals surface area (Å²) in [5.41, 5.74) is 0. The van der Waals surface area contributed by atoms with Crippen LogP contribution in [-0.2, 0) is 14.6 Å². The van der Waals surface area contributed by atoms with Crippen LogP contribution in [0.5, 0.6) is 0 Å². The van der Waals surface area contributed by atoms with E-state index in [4.69, 9.17) is 0 Å². The van der Waals surface area contributed by atoms with Gasteiger partial charge < -0.3 is 10.2 Å². The molecule has 1 aliphatic carbocycles. The van der Waals surface area contributed by atoms with Gasteiger partial charge in [-0.15, -0.1) is 0 Å². The van der Waals surface area contributed by atoms with Gasteiger partial charge in [0.05, 0.1) is 11.0 Å². The fraction of sp³-hybridized carbons (Fsp3) is 0.364. The molecule has 6 heteroatoms. The topological polar surface area (TPSA) is 91.7 Å². The second kappa shape index (κ2) is 4.21. The third-order valence-corrected chi connectivity index (χ3v) is 4.98. The molecular formula is C11H12O5S. The molecule has 92 valence electrons. The standard InChI is InChI=1S/C11H12O5S/c12-8-6-9(13)11(10(8)14)17(15,16)7-4-2-1-3-5-7/h1-5,8,10-12,14H,6H2/t8-,10-,11-/m1/s1. The summed E-state index contributed by atoms with van der Waals surface area (Å²) in [5.74, 6) is -0.645.